The Morgan fingerprint density at radius 2 is 1.94 bits per heavy atom. The van der Waals surface area contributed by atoms with Gasteiger partial charge in [-0.3, -0.25) is 0 Å². The van der Waals surface area contributed by atoms with E-state index in [0.717, 1.165) is 12.0 Å². The minimum absolute atomic E-state index is 0.0286. The normalized spacial score (nSPS) is 26.2. The molecule has 0 unspecified atom stereocenters. The van der Waals surface area contributed by atoms with E-state index in [4.69, 9.17) is 5.26 Å². The van der Waals surface area contributed by atoms with Crippen molar-refractivity contribution in [2.75, 3.05) is 0 Å². The molecular weight excluding hydrogens is 220 g/mol. The maximum atomic E-state index is 9.39. The number of nitrogens with zero attached hydrogens (tertiary/aromatic N) is 2. The molecule has 0 N–H and O–H groups in total. The lowest BCUT2D eigenvalue weighted by molar-refractivity contribution is 0.329. The summed E-state index contributed by atoms with van der Waals surface area (Å²) in [6, 6.07) is 8.21. The summed E-state index contributed by atoms with van der Waals surface area (Å²) in [7, 11) is 0. The molecule has 0 bridgehead atoms. The van der Waals surface area contributed by atoms with Crippen molar-refractivity contribution in [1.29, 1.82) is 10.5 Å². The zero-order valence-corrected chi connectivity index (χ0v) is 10.6. The summed E-state index contributed by atoms with van der Waals surface area (Å²) in [5, 5.41) is 18.5. The first-order valence-corrected chi connectivity index (χ1v) is 6.24. The Labute approximate surface area is 107 Å². The maximum absolute atomic E-state index is 9.39. The van der Waals surface area contributed by atoms with Crippen LogP contribution in [-0.4, -0.2) is 0 Å². The molecule has 2 atom stereocenters. The van der Waals surface area contributed by atoms with Crippen molar-refractivity contribution in [2.45, 2.75) is 31.6 Å². The fourth-order valence-corrected chi connectivity index (χ4v) is 3.43. The maximum Gasteiger partial charge on any atom is 0.101 e. The van der Waals surface area contributed by atoms with Crippen molar-refractivity contribution in [3.63, 3.8) is 0 Å². The summed E-state index contributed by atoms with van der Waals surface area (Å²) < 4.78 is 0. The fraction of sp³-hybridized carbons (Fsp3) is 0.375. The molecular formula is C16H14N2. The van der Waals surface area contributed by atoms with Crippen molar-refractivity contribution in [2.24, 2.45) is 5.92 Å². The topological polar surface area (TPSA) is 47.6 Å². The monoisotopic (exact) mass is 234 g/mol. The molecule has 0 fully saturated rings. The molecule has 0 saturated heterocycles. The van der Waals surface area contributed by atoms with Crippen molar-refractivity contribution in [3.8, 4) is 12.1 Å². The molecule has 2 heteroatoms. The van der Waals surface area contributed by atoms with Crippen LogP contribution in [0.5, 0.6) is 0 Å². The van der Waals surface area contributed by atoms with Gasteiger partial charge in [0.05, 0.1) is 11.1 Å². The lowest BCUT2D eigenvalue weighted by atomic mass is 9.59. The highest BCUT2D eigenvalue weighted by Gasteiger charge is 2.42. The van der Waals surface area contributed by atoms with E-state index in [9.17, 15) is 5.26 Å². The summed E-state index contributed by atoms with van der Waals surface area (Å²) in [5.74, 6) is 1.06. The molecule has 88 valence electrons. The lowest BCUT2D eigenvalue weighted by Gasteiger charge is -2.45. The third kappa shape index (κ3) is 1.27. The zero-order valence-electron chi connectivity index (χ0n) is 10.6. The van der Waals surface area contributed by atoms with E-state index in [1.807, 2.05) is 6.07 Å². The molecule has 2 nitrogen and oxygen atoms in total. The quantitative estimate of drug-likeness (QED) is 0.646. The van der Waals surface area contributed by atoms with Crippen LogP contribution in [0, 0.1) is 28.6 Å². The van der Waals surface area contributed by atoms with Crippen LogP contribution in [0.1, 0.15) is 48.4 Å². The van der Waals surface area contributed by atoms with Gasteiger partial charge in [0.15, 0.2) is 0 Å². The summed E-state index contributed by atoms with van der Waals surface area (Å²) >= 11 is 0. The average Bonchev–Trinajstić information content (AvgIpc) is 2.32. The van der Waals surface area contributed by atoms with Gasteiger partial charge < -0.3 is 0 Å². The molecule has 0 heterocycles. The summed E-state index contributed by atoms with van der Waals surface area (Å²) in [6.07, 6.45) is 5.54. The predicted molar refractivity (Wildman–Crippen MR) is 68.9 cm³/mol. The number of benzene rings is 1. The van der Waals surface area contributed by atoms with E-state index in [0.29, 0.717) is 23.0 Å². The summed E-state index contributed by atoms with van der Waals surface area (Å²) in [5.41, 5.74) is 3.40. The largest absolute Gasteiger partial charge is 0.192 e. The van der Waals surface area contributed by atoms with Crippen LogP contribution in [0.15, 0.2) is 24.3 Å². The number of hydrogen-bond donors (Lipinski definition) is 0. The second-order valence-corrected chi connectivity index (χ2v) is 5.84. The highest BCUT2D eigenvalue weighted by Crippen LogP contribution is 2.52. The van der Waals surface area contributed by atoms with Gasteiger partial charge in [-0.1, -0.05) is 32.1 Å². The highest BCUT2D eigenvalue weighted by molar-refractivity contribution is 5.59. The van der Waals surface area contributed by atoms with Crippen LogP contribution in [0.3, 0.4) is 0 Å². The van der Waals surface area contributed by atoms with Crippen molar-refractivity contribution in [3.05, 3.63) is 46.5 Å². The Morgan fingerprint density at radius 1 is 1.17 bits per heavy atom. The van der Waals surface area contributed by atoms with E-state index in [-0.39, 0.29) is 5.41 Å². The van der Waals surface area contributed by atoms with Crippen LogP contribution < -0.4 is 0 Å². The van der Waals surface area contributed by atoms with Crippen LogP contribution >= 0.6 is 0 Å². The van der Waals surface area contributed by atoms with Gasteiger partial charge in [-0.15, -0.1) is 0 Å². The number of allylic oxidation sites excluding steroid dienone is 2. The Kier molecular flexibility index (Phi) is 2.13. The Hall–Kier alpha value is -2.06. The molecule has 1 aromatic carbocycles. The van der Waals surface area contributed by atoms with Gasteiger partial charge in [-0.05, 0) is 34.9 Å². The van der Waals surface area contributed by atoms with Gasteiger partial charge in [-0.25, -0.2) is 0 Å². The van der Waals surface area contributed by atoms with E-state index < -0.39 is 0 Å². The van der Waals surface area contributed by atoms with E-state index in [1.54, 1.807) is 6.07 Å². The summed E-state index contributed by atoms with van der Waals surface area (Å²) in [6.45, 7) is 4.35. The second-order valence-electron chi connectivity index (χ2n) is 5.84. The van der Waals surface area contributed by atoms with Crippen molar-refractivity contribution >= 4 is 0 Å². The number of rotatable bonds is 0. The molecule has 0 radical (unpaired) electrons. The van der Waals surface area contributed by atoms with Gasteiger partial charge in [0.1, 0.15) is 12.1 Å². The minimum atomic E-state index is -0.0286. The molecule has 0 aliphatic heterocycles. The first-order chi connectivity index (χ1) is 8.58. The Bertz CT molecular complexity index is 638. The van der Waals surface area contributed by atoms with Gasteiger partial charge >= 0.3 is 0 Å². The number of hydrogen-bond acceptors (Lipinski definition) is 2. The third-order valence-electron chi connectivity index (χ3n) is 4.28. The molecule has 0 aromatic heterocycles. The molecule has 2 aliphatic carbocycles. The predicted octanol–water partition coefficient (Wildman–Crippen LogP) is 3.38. The van der Waals surface area contributed by atoms with Crippen molar-refractivity contribution in [1.82, 2.24) is 0 Å². The van der Waals surface area contributed by atoms with Crippen LogP contribution in [0.25, 0.3) is 0 Å². The molecule has 0 saturated carbocycles. The van der Waals surface area contributed by atoms with Gasteiger partial charge in [-0.2, -0.15) is 10.5 Å². The van der Waals surface area contributed by atoms with Crippen LogP contribution in [0.4, 0.5) is 0 Å². The molecule has 3 rings (SSSR count). The molecule has 0 amide bonds. The van der Waals surface area contributed by atoms with Crippen LogP contribution in [0.2, 0.25) is 0 Å². The average molecular weight is 234 g/mol. The fourth-order valence-electron chi connectivity index (χ4n) is 3.43. The molecule has 0 spiro atoms. The smallest absolute Gasteiger partial charge is 0.101 e. The van der Waals surface area contributed by atoms with Gasteiger partial charge in [0.2, 0.25) is 0 Å². The minimum Gasteiger partial charge on any atom is -0.192 e. The number of nitriles is 2. The van der Waals surface area contributed by atoms with E-state index in [1.165, 1.54) is 5.56 Å². The SMILES string of the molecule is CC1(C)C[C@@H]2C=C[C@@H]2c2ccc(C#N)c(C#N)c21. The third-order valence-corrected chi connectivity index (χ3v) is 4.28. The highest BCUT2D eigenvalue weighted by atomic mass is 14.5. The Morgan fingerprint density at radius 3 is 2.50 bits per heavy atom. The van der Waals surface area contributed by atoms with Gasteiger partial charge in [0, 0.05) is 5.92 Å². The molecule has 2 aliphatic rings. The van der Waals surface area contributed by atoms with E-state index in [2.05, 4.69) is 38.1 Å². The first kappa shape index (κ1) is 11.1. The molecule has 18 heavy (non-hydrogen) atoms. The second kappa shape index (κ2) is 3.47. The van der Waals surface area contributed by atoms with E-state index >= 15 is 0 Å². The first-order valence-electron chi connectivity index (χ1n) is 6.24. The standard InChI is InChI=1S/C16H14N2/c1-16(2)7-10-3-5-12(10)13-6-4-11(8-17)14(9-18)15(13)16/h3-6,10,12H,7H2,1-2H3/t10-,12-/m0/s1. The number of fused-ring (bicyclic) bond motifs is 3. The summed E-state index contributed by atoms with van der Waals surface area (Å²) in [4.78, 5) is 0. The lowest BCUT2D eigenvalue weighted by Crippen LogP contribution is -2.35. The Balaban J connectivity index is 2.33. The zero-order chi connectivity index (χ0) is 12.9. The van der Waals surface area contributed by atoms with Crippen molar-refractivity contribution < 1.29 is 0 Å². The molecule has 1 aromatic rings. The van der Waals surface area contributed by atoms with Gasteiger partial charge in [0.25, 0.3) is 0 Å². The van der Waals surface area contributed by atoms with Crippen LogP contribution in [-0.2, 0) is 5.41 Å².